The van der Waals surface area contributed by atoms with E-state index < -0.39 is 0 Å². The van der Waals surface area contributed by atoms with Crippen molar-refractivity contribution in [3.8, 4) is 0 Å². The molecular formula is C25H30N2O2. The van der Waals surface area contributed by atoms with Crippen LogP contribution in [0.15, 0.2) is 60.7 Å². The lowest BCUT2D eigenvalue weighted by Crippen LogP contribution is -2.46. The fourth-order valence-electron chi connectivity index (χ4n) is 4.67. The highest BCUT2D eigenvalue weighted by Gasteiger charge is 2.33. The molecule has 0 N–H and O–H groups in total. The van der Waals surface area contributed by atoms with Crippen LogP contribution in [0, 0.1) is 5.92 Å². The molecule has 152 valence electrons. The number of nitrogens with zero attached hydrogens (tertiary/aromatic N) is 2. The van der Waals surface area contributed by atoms with Crippen molar-refractivity contribution in [1.82, 2.24) is 9.80 Å². The summed E-state index contributed by atoms with van der Waals surface area (Å²) in [5.41, 5.74) is 2.05. The third kappa shape index (κ3) is 4.52. The number of carbonyl (C=O) groups excluding carboxylic acids is 2. The van der Waals surface area contributed by atoms with Gasteiger partial charge in [-0.05, 0) is 43.2 Å². The highest BCUT2D eigenvalue weighted by Crippen LogP contribution is 2.29. The lowest BCUT2D eigenvalue weighted by Gasteiger charge is -2.37. The molecule has 2 saturated heterocycles. The van der Waals surface area contributed by atoms with Crippen LogP contribution in [-0.2, 0) is 9.59 Å². The third-order valence-electron chi connectivity index (χ3n) is 6.34. The minimum Gasteiger partial charge on any atom is -0.342 e. The van der Waals surface area contributed by atoms with Crippen molar-refractivity contribution in [2.24, 2.45) is 5.92 Å². The Morgan fingerprint density at radius 2 is 1.21 bits per heavy atom. The molecule has 0 saturated carbocycles. The van der Waals surface area contributed by atoms with E-state index >= 15 is 0 Å². The molecule has 4 heteroatoms. The quantitative estimate of drug-likeness (QED) is 0.790. The first-order valence-corrected chi connectivity index (χ1v) is 10.9. The summed E-state index contributed by atoms with van der Waals surface area (Å²) >= 11 is 0. The van der Waals surface area contributed by atoms with E-state index in [-0.39, 0.29) is 17.7 Å². The van der Waals surface area contributed by atoms with Gasteiger partial charge in [-0.2, -0.15) is 0 Å². The third-order valence-corrected chi connectivity index (χ3v) is 6.34. The highest BCUT2D eigenvalue weighted by molar-refractivity contribution is 5.87. The molecule has 4 nitrogen and oxygen atoms in total. The van der Waals surface area contributed by atoms with Gasteiger partial charge in [-0.25, -0.2) is 0 Å². The van der Waals surface area contributed by atoms with Crippen LogP contribution in [-0.4, -0.2) is 47.8 Å². The molecule has 2 heterocycles. The lowest BCUT2D eigenvalue weighted by atomic mass is 9.88. The zero-order valence-corrected chi connectivity index (χ0v) is 17.0. The Kier molecular flexibility index (Phi) is 6.28. The van der Waals surface area contributed by atoms with Gasteiger partial charge in [-0.1, -0.05) is 60.7 Å². The number of rotatable bonds is 4. The molecule has 2 aliphatic heterocycles. The summed E-state index contributed by atoms with van der Waals surface area (Å²) in [7, 11) is 0. The number of benzene rings is 2. The van der Waals surface area contributed by atoms with Gasteiger partial charge in [0.25, 0.3) is 0 Å². The summed E-state index contributed by atoms with van der Waals surface area (Å²) in [6.45, 7) is 3.14. The van der Waals surface area contributed by atoms with Crippen LogP contribution < -0.4 is 0 Å². The van der Waals surface area contributed by atoms with Gasteiger partial charge in [0.2, 0.25) is 11.8 Å². The summed E-state index contributed by atoms with van der Waals surface area (Å²) in [4.78, 5) is 30.3. The van der Waals surface area contributed by atoms with Gasteiger partial charge >= 0.3 is 0 Å². The van der Waals surface area contributed by atoms with Crippen molar-refractivity contribution >= 4 is 11.8 Å². The molecule has 0 bridgehead atoms. The van der Waals surface area contributed by atoms with E-state index in [2.05, 4.69) is 0 Å². The van der Waals surface area contributed by atoms with Gasteiger partial charge in [-0.15, -0.1) is 0 Å². The zero-order valence-electron chi connectivity index (χ0n) is 17.0. The molecule has 0 unspecified atom stereocenters. The maximum absolute atomic E-state index is 13.5. The van der Waals surface area contributed by atoms with E-state index in [0.717, 1.165) is 49.9 Å². The predicted molar refractivity (Wildman–Crippen MR) is 114 cm³/mol. The molecule has 0 spiro atoms. The van der Waals surface area contributed by atoms with Crippen LogP contribution in [0.1, 0.15) is 49.1 Å². The molecule has 0 aromatic heterocycles. The lowest BCUT2D eigenvalue weighted by molar-refractivity contribution is -0.141. The number of carbonyl (C=O) groups is 2. The van der Waals surface area contributed by atoms with Crippen LogP contribution in [0.2, 0.25) is 0 Å². The van der Waals surface area contributed by atoms with Gasteiger partial charge in [0.05, 0.1) is 5.92 Å². The first-order valence-electron chi connectivity index (χ1n) is 10.9. The topological polar surface area (TPSA) is 40.6 Å². The maximum atomic E-state index is 13.5. The van der Waals surface area contributed by atoms with E-state index in [1.165, 1.54) is 6.42 Å². The van der Waals surface area contributed by atoms with Gasteiger partial charge in [0.15, 0.2) is 0 Å². The normalized spacial score (nSPS) is 18.1. The Morgan fingerprint density at radius 1 is 0.690 bits per heavy atom. The van der Waals surface area contributed by atoms with E-state index in [1.54, 1.807) is 0 Å². The van der Waals surface area contributed by atoms with E-state index in [4.69, 9.17) is 0 Å². The number of likely N-dealkylation sites (tertiary alicyclic amines) is 2. The maximum Gasteiger partial charge on any atom is 0.234 e. The fourth-order valence-corrected chi connectivity index (χ4v) is 4.67. The van der Waals surface area contributed by atoms with Gasteiger partial charge < -0.3 is 9.80 Å². The molecule has 2 aromatic rings. The Bertz CT molecular complexity index is 768. The Morgan fingerprint density at radius 3 is 1.72 bits per heavy atom. The molecule has 2 fully saturated rings. The fraction of sp³-hybridized carbons (Fsp3) is 0.440. The molecule has 2 aromatic carbocycles. The minimum absolute atomic E-state index is 0.0732. The summed E-state index contributed by atoms with van der Waals surface area (Å²) < 4.78 is 0. The highest BCUT2D eigenvalue weighted by atomic mass is 16.2. The van der Waals surface area contributed by atoms with Crippen LogP contribution in [0.3, 0.4) is 0 Å². The largest absolute Gasteiger partial charge is 0.342 e. The first kappa shape index (κ1) is 19.7. The number of piperidine rings is 2. The predicted octanol–water partition coefficient (Wildman–Crippen LogP) is 4.07. The monoisotopic (exact) mass is 390 g/mol. The molecule has 2 amide bonds. The van der Waals surface area contributed by atoms with Crippen LogP contribution in [0.25, 0.3) is 0 Å². The number of amides is 2. The first-order chi connectivity index (χ1) is 14.2. The number of hydrogen-bond donors (Lipinski definition) is 0. The Balaban J connectivity index is 1.45. The second-order valence-electron chi connectivity index (χ2n) is 8.24. The smallest absolute Gasteiger partial charge is 0.234 e. The molecule has 0 aliphatic carbocycles. The summed E-state index contributed by atoms with van der Waals surface area (Å²) in [5, 5.41) is 0. The summed E-state index contributed by atoms with van der Waals surface area (Å²) in [6, 6.07) is 20.0. The second kappa shape index (κ2) is 9.25. The molecule has 4 rings (SSSR count). The van der Waals surface area contributed by atoms with Crippen molar-refractivity contribution in [2.75, 3.05) is 26.2 Å². The SMILES string of the molecule is O=C(C1CCN(C(=O)C(c2ccccc2)c2ccccc2)CC1)N1CCCCC1. The van der Waals surface area contributed by atoms with E-state index in [0.29, 0.717) is 19.0 Å². The number of hydrogen-bond acceptors (Lipinski definition) is 2. The molecule has 0 atom stereocenters. The van der Waals surface area contributed by atoms with Gasteiger partial charge in [0.1, 0.15) is 0 Å². The van der Waals surface area contributed by atoms with Gasteiger partial charge in [0, 0.05) is 32.1 Å². The van der Waals surface area contributed by atoms with Crippen LogP contribution >= 0.6 is 0 Å². The van der Waals surface area contributed by atoms with Crippen molar-refractivity contribution in [1.29, 1.82) is 0 Å². The molecule has 2 aliphatic rings. The average molecular weight is 391 g/mol. The minimum atomic E-state index is -0.285. The van der Waals surface area contributed by atoms with E-state index in [9.17, 15) is 9.59 Å². The molecule has 0 radical (unpaired) electrons. The van der Waals surface area contributed by atoms with Crippen LogP contribution in [0.4, 0.5) is 0 Å². The summed E-state index contributed by atoms with van der Waals surface area (Å²) in [5.74, 6) is 0.238. The van der Waals surface area contributed by atoms with Crippen molar-refractivity contribution < 1.29 is 9.59 Å². The van der Waals surface area contributed by atoms with Crippen molar-refractivity contribution in [3.63, 3.8) is 0 Å². The standard InChI is InChI=1S/C25H30N2O2/c28-24(26-16-8-3-9-17-26)22-14-18-27(19-15-22)25(29)23(20-10-4-1-5-11-20)21-12-6-2-7-13-21/h1-2,4-7,10-13,22-23H,3,8-9,14-19H2. The zero-order chi connectivity index (χ0) is 20.1. The summed E-state index contributed by atoms with van der Waals surface area (Å²) in [6.07, 6.45) is 5.03. The van der Waals surface area contributed by atoms with Gasteiger partial charge in [-0.3, -0.25) is 9.59 Å². The van der Waals surface area contributed by atoms with Crippen LogP contribution in [0.5, 0.6) is 0 Å². The molecular weight excluding hydrogens is 360 g/mol. The average Bonchev–Trinajstić information content (AvgIpc) is 2.81. The Hall–Kier alpha value is -2.62. The van der Waals surface area contributed by atoms with Crippen molar-refractivity contribution in [3.05, 3.63) is 71.8 Å². The Labute approximate surface area is 173 Å². The second-order valence-corrected chi connectivity index (χ2v) is 8.24. The van der Waals surface area contributed by atoms with Crippen molar-refractivity contribution in [2.45, 2.75) is 38.0 Å². The van der Waals surface area contributed by atoms with E-state index in [1.807, 2.05) is 70.5 Å². The molecule has 29 heavy (non-hydrogen) atoms.